The maximum absolute atomic E-state index is 12.1. The van der Waals surface area contributed by atoms with Gasteiger partial charge in [0.25, 0.3) is 0 Å². The highest BCUT2D eigenvalue weighted by Gasteiger charge is 2.04. The van der Waals surface area contributed by atoms with Gasteiger partial charge in [0.1, 0.15) is 0 Å². The Morgan fingerprint density at radius 3 is 2.26 bits per heavy atom. The number of hydrogen-bond acceptors (Lipinski definition) is 3. The van der Waals surface area contributed by atoms with Crippen LogP contribution in [-0.2, 0) is 20.7 Å². The highest BCUT2D eigenvalue weighted by Crippen LogP contribution is 2.15. The van der Waals surface area contributed by atoms with Gasteiger partial charge in [0.15, 0.2) is 0 Å². The molecule has 0 atom stereocenters. The summed E-state index contributed by atoms with van der Waals surface area (Å²) in [5.41, 5.74) is 1.05. The summed E-state index contributed by atoms with van der Waals surface area (Å²) in [6.07, 6.45) is 5.66. The molecule has 1 amide bonds. The average Bonchev–Trinajstić information content (AvgIpc) is 2.68. The van der Waals surface area contributed by atoms with Gasteiger partial charge in [0, 0.05) is 33.0 Å². The fourth-order valence-electron chi connectivity index (χ4n) is 2.86. The van der Waals surface area contributed by atoms with E-state index in [-0.39, 0.29) is 5.91 Å². The van der Waals surface area contributed by atoms with Gasteiger partial charge in [0.2, 0.25) is 5.91 Å². The van der Waals surface area contributed by atoms with Crippen LogP contribution in [0.15, 0.2) is 42.5 Å². The van der Waals surface area contributed by atoms with Crippen LogP contribution in [0.25, 0.3) is 10.8 Å². The lowest BCUT2D eigenvalue weighted by Gasteiger charge is -2.07. The standard InChI is InChI=1S/C23H33NO3/c1-2-3-14-26-15-6-7-16-27-17-8-13-24-23(25)19-20-11-12-21-9-4-5-10-22(21)18-20/h4-5,9-12,18H,2-3,6-8,13-17,19H2,1H3,(H,24,25). The number of carbonyl (C=O) groups excluding carboxylic acids is 1. The first-order valence-electron chi connectivity index (χ1n) is 10.2. The highest BCUT2D eigenvalue weighted by molar-refractivity contribution is 5.85. The second kappa shape index (κ2) is 13.3. The minimum atomic E-state index is 0.0644. The summed E-state index contributed by atoms with van der Waals surface area (Å²) in [4.78, 5) is 12.1. The van der Waals surface area contributed by atoms with Crippen LogP contribution >= 0.6 is 0 Å². The third-order valence-corrected chi connectivity index (χ3v) is 4.44. The minimum Gasteiger partial charge on any atom is -0.381 e. The maximum Gasteiger partial charge on any atom is 0.224 e. The van der Waals surface area contributed by atoms with Crippen molar-refractivity contribution >= 4 is 16.7 Å². The van der Waals surface area contributed by atoms with Crippen LogP contribution in [0, 0.1) is 0 Å². The molecule has 0 aliphatic heterocycles. The largest absolute Gasteiger partial charge is 0.381 e. The molecule has 0 saturated heterocycles. The lowest BCUT2D eigenvalue weighted by molar-refractivity contribution is -0.120. The fraction of sp³-hybridized carbons (Fsp3) is 0.522. The van der Waals surface area contributed by atoms with Crippen molar-refractivity contribution in [2.24, 2.45) is 0 Å². The zero-order valence-electron chi connectivity index (χ0n) is 16.5. The summed E-state index contributed by atoms with van der Waals surface area (Å²) in [5.74, 6) is 0.0644. The molecule has 2 rings (SSSR count). The lowest BCUT2D eigenvalue weighted by atomic mass is 10.0. The molecule has 1 N–H and O–H groups in total. The summed E-state index contributed by atoms with van der Waals surface area (Å²) in [6.45, 7) is 5.98. The Labute approximate surface area is 163 Å². The SMILES string of the molecule is CCCCOCCCCOCCCNC(=O)Cc1ccc2ccccc2c1. The quantitative estimate of drug-likeness (QED) is 0.497. The van der Waals surface area contributed by atoms with E-state index in [1.165, 1.54) is 17.2 Å². The molecule has 0 unspecified atom stereocenters. The molecule has 0 heterocycles. The summed E-state index contributed by atoms with van der Waals surface area (Å²) < 4.78 is 11.1. The van der Waals surface area contributed by atoms with Crippen molar-refractivity contribution in [1.82, 2.24) is 5.32 Å². The molecule has 0 saturated carbocycles. The molecule has 0 aliphatic carbocycles. The summed E-state index contributed by atoms with van der Waals surface area (Å²) in [7, 11) is 0. The van der Waals surface area contributed by atoms with Gasteiger partial charge in [-0.15, -0.1) is 0 Å². The van der Waals surface area contributed by atoms with Gasteiger partial charge in [-0.2, -0.15) is 0 Å². The molecule has 0 bridgehead atoms. The average molecular weight is 372 g/mol. The van der Waals surface area contributed by atoms with E-state index in [0.717, 1.165) is 51.1 Å². The van der Waals surface area contributed by atoms with Crippen molar-refractivity contribution < 1.29 is 14.3 Å². The Balaban J connectivity index is 1.47. The number of ether oxygens (including phenoxy) is 2. The van der Waals surface area contributed by atoms with Crippen molar-refractivity contribution in [2.75, 3.05) is 33.0 Å². The second-order valence-electron chi connectivity index (χ2n) is 6.85. The first-order valence-corrected chi connectivity index (χ1v) is 10.2. The molecule has 2 aromatic carbocycles. The number of fused-ring (bicyclic) bond motifs is 1. The molecule has 4 heteroatoms. The number of rotatable bonds is 14. The van der Waals surface area contributed by atoms with E-state index in [1.807, 2.05) is 18.2 Å². The van der Waals surface area contributed by atoms with Crippen LogP contribution in [0.5, 0.6) is 0 Å². The van der Waals surface area contributed by atoms with Gasteiger partial charge < -0.3 is 14.8 Å². The van der Waals surface area contributed by atoms with E-state index in [4.69, 9.17) is 9.47 Å². The van der Waals surface area contributed by atoms with E-state index in [9.17, 15) is 4.79 Å². The number of nitrogens with one attached hydrogen (secondary N) is 1. The first-order chi connectivity index (χ1) is 13.3. The molecule has 148 valence electrons. The topological polar surface area (TPSA) is 47.6 Å². The second-order valence-corrected chi connectivity index (χ2v) is 6.85. The third-order valence-electron chi connectivity index (χ3n) is 4.44. The van der Waals surface area contributed by atoms with Crippen LogP contribution in [0.3, 0.4) is 0 Å². The Morgan fingerprint density at radius 1 is 0.852 bits per heavy atom. The smallest absolute Gasteiger partial charge is 0.224 e. The molecule has 0 fully saturated rings. The van der Waals surface area contributed by atoms with Crippen molar-refractivity contribution in [3.05, 3.63) is 48.0 Å². The van der Waals surface area contributed by atoms with Crippen LogP contribution in [0.1, 0.15) is 44.6 Å². The Bertz CT molecular complexity index is 671. The Morgan fingerprint density at radius 2 is 1.52 bits per heavy atom. The van der Waals surface area contributed by atoms with Crippen LogP contribution in [-0.4, -0.2) is 38.9 Å². The summed E-state index contributed by atoms with van der Waals surface area (Å²) >= 11 is 0. The van der Waals surface area contributed by atoms with Crippen LogP contribution < -0.4 is 5.32 Å². The maximum atomic E-state index is 12.1. The minimum absolute atomic E-state index is 0.0644. The van der Waals surface area contributed by atoms with Gasteiger partial charge in [-0.05, 0) is 42.0 Å². The number of unbranched alkanes of at least 4 members (excludes halogenated alkanes) is 2. The van der Waals surface area contributed by atoms with Crippen molar-refractivity contribution in [3.63, 3.8) is 0 Å². The van der Waals surface area contributed by atoms with Crippen LogP contribution in [0.2, 0.25) is 0 Å². The van der Waals surface area contributed by atoms with E-state index in [2.05, 4.69) is 36.5 Å². The molecule has 0 radical (unpaired) electrons. The molecule has 0 aromatic heterocycles. The normalized spacial score (nSPS) is 11.0. The molecule has 27 heavy (non-hydrogen) atoms. The van der Waals surface area contributed by atoms with Crippen molar-refractivity contribution in [3.8, 4) is 0 Å². The van der Waals surface area contributed by atoms with Gasteiger partial charge >= 0.3 is 0 Å². The molecule has 2 aromatic rings. The lowest BCUT2D eigenvalue weighted by Crippen LogP contribution is -2.26. The predicted octanol–water partition coefficient (Wildman–Crippen LogP) is 4.50. The van der Waals surface area contributed by atoms with Gasteiger partial charge in [-0.1, -0.05) is 55.8 Å². The third kappa shape index (κ3) is 9.03. The summed E-state index contributed by atoms with van der Waals surface area (Å²) in [5, 5.41) is 5.34. The molecule has 0 aliphatic rings. The molecular weight excluding hydrogens is 338 g/mol. The molecule has 0 spiro atoms. The highest BCUT2D eigenvalue weighted by atomic mass is 16.5. The summed E-state index contributed by atoms with van der Waals surface area (Å²) in [6, 6.07) is 14.4. The van der Waals surface area contributed by atoms with Gasteiger partial charge in [0.05, 0.1) is 6.42 Å². The monoisotopic (exact) mass is 371 g/mol. The van der Waals surface area contributed by atoms with Crippen molar-refractivity contribution in [1.29, 1.82) is 0 Å². The number of amides is 1. The van der Waals surface area contributed by atoms with E-state index >= 15 is 0 Å². The number of benzene rings is 2. The number of hydrogen-bond donors (Lipinski definition) is 1. The predicted molar refractivity (Wildman–Crippen MR) is 111 cm³/mol. The Kier molecular flexibility index (Phi) is 10.5. The molecular formula is C23H33NO3. The Hall–Kier alpha value is -1.91. The van der Waals surface area contributed by atoms with Crippen molar-refractivity contribution in [2.45, 2.75) is 45.4 Å². The van der Waals surface area contributed by atoms with Gasteiger partial charge in [-0.3, -0.25) is 4.79 Å². The first kappa shape index (κ1) is 21.4. The van der Waals surface area contributed by atoms with E-state index in [1.54, 1.807) is 0 Å². The zero-order chi connectivity index (χ0) is 19.2. The number of carbonyl (C=O) groups is 1. The van der Waals surface area contributed by atoms with Crippen LogP contribution in [0.4, 0.5) is 0 Å². The van der Waals surface area contributed by atoms with Gasteiger partial charge in [-0.25, -0.2) is 0 Å². The van der Waals surface area contributed by atoms with E-state index in [0.29, 0.717) is 19.6 Å². The zero-order valence-corrected chi connectivity index (χ0v) is 16.5. The fourth-order valence-corrected chi connectivity index (χ4v) is 2.86. The molecule has 4 nitrogen and oxygen atoms in total. The van der Waals surface area contributed by atoms with E-state index < -0.39 is 0 Å².